The van der Waals surface area contributed by atoms with Gasteiger partial charge in [-0.15, -0.1) is 0 Å². The van der Waals surface area contributed by atoms with Crippen molar-refractivity contribution < 1.29 is 18.9 Å². The third kappa shape index (κ3) is 4.20. The summed E-state index contributed by atoms with van der Waals surface area (Å²) < 4.78 is 6.54. The molecule has 1 aliphatic heterocycles. The molecule has 1 aliphatic rings. The van der Waals surface area contributed by atoms with Crippen LogP contribution in [0.3, 0.4) is 0 Å². The predicted molar refractivity (Wildman–Crippen MR) is 126 cm³/mol. The van der Waals surface area contributed by atoms with Gasteiger partial charge < -0.3 is 4.42 Å². The fourth-order valence-electron chi connectivity index (χ4n) is 3.02. The molecule has 32 heavy (non-hydrogen) atoms. The molecular weight excluding hydrogens is 522 g/mol. The lowest BCUT2D eigenvalue weighted by Gasteiger charge is -2.28. The number of anilines is 1. The fourth-order valence-corrected chi connectivity index (χ4v) is 3.83. The topological polar surface area (TPSA) is 106 Å². The fraction of sp³-hybridized carbons (Fsp3) is 0. The van der Waals surface area contributed by atoms with E-state index in [1.54, 1.807) is 36.4 Å². The van der Waals surface area contributed by atoms with Crippen LogP contribution in [0.2, 0.25) is 5.02 Å². The van der Waals surface area contributed by atoms with Crippen molar-refractivity contribution >= 4 is 74.1 Å². The van der Waals surface area contributed by atoms with Crippen molar-refractivity contribution in [3.05, 3.63) is 85.5 Å². The standard InChI is InChI=1S/C21H11BrClN3O5S/c22-11-1-3-12(4-2-11)25-20(28)16(19(27)24-21(25)32)10-14-6-8-18(31-14)15-7-5-13(26(29)30)9-17(15)23/h1-10H,(H,24,27,32)/b16-10+. The maximum Gasteiger partial charge on any atom is 0.270 e. The van der Waals surface area contributed by atoms with Gasteiger partial charge in [-0.25, -0.2) is 0 Å². The first-order valence-corrected chi connectivity index (χ1v) is 10.5. The maximum absolute atomic E-state index is 13.0. The van der Waals surface area contributed by atoms with Crippen molar-refractivity contribution in [3.8, 4) is 11.3 Å². The molecule has 0 atom stereocenters. The highest BCUT2D eigenvalue weighted by Gasteiger charge is 2.34. The summed E-state index contributed by atoms with van der Waals surface area (Å²) in [6.45, 7) is 0. The summed E-state index contributed by atoms with van der Waals surface area (Å²) in [4.78, 5) is 37.0. The average Bonchev–Trinajstić information content (AvgIpc) is 3.20. The Bertz CT molecular complexity index is 1320. The molecule has 2 amide bonds. The molecule has 8 nitrogen and oxygen atoms in total. The summed E-state index contributed by atoms with van der Waals surface area (Å²) in [6, 6.07) is 14.0. The first-order valence-electron chi connectivity index (χ1n) is 8.96. The minimum absolute atomic E-state index is 0.0303. The second-order valence-corrected chi connectivity index (χ2v) is 8.27. The van der Waals surface area contributed by atoms with Crippen LogP contribution in [0, 0.1) is 10.1 Å². The van der Waals surface area contributed by atoms with Crippen LogP contribution < -0.4 is 10.2 Å². The molecule has 3 aromatic rings. The number of non-ortho nitro benzene ring substituents is 1. The first-order chi connectivity index (χ1) is 15.2. The quantitative estimate of drug-likeness (QED) is 0.165. The van der Waals surface area contributed by atoms with Gasteiger partial charge in [-0.1, -0.05) is 27.5 Å². The molecule has 1 aromatic heterocycles. The number of furan rings is 1. The number of hydrogen-bond donors (Lipinski definition) is 1. The van der Waals surface area contributed by atoms with E-state index < -0.39 is 16.7 Å². The molecule has 160 valence electrons. The molecule has 0 saturated carbocycles. The smallest absolute Gasteiger partial charge is 0.270 e. The molecule has 2 heterocycles. The predicted octanol–water partition coefficient (Wildman–Crippen LogP) is 5.10. The largest absolute Gasteiger partial charge is 0.457 e. The van der Waals surface area contributed by atoms with E-state index in [-0.39, 0.29) is 27.2 Å². The van der Waals surface area contributed by atoms with Crippen LogP contribution in [0.5, 0.6) is 0 Å². The molecule has 0 spiro atoms. The highest BCUT2D eigenvalue weighted by molar-refractivity contribution is 9.10. The lowest BCUT2D eigenvalue weighted by molar-refractivity contribution is -0.384. The van der Waals surface area contributed by atoms with E-state index in [0.717, 1.165) is 4.47 Å². The van der Waals surface area contributed by atoms with Crippen LogP contribution in [0.25, 0.3) is 17.4 Å². The molecule has 1 fully saturated rings. The third-order valence-corrected chi connectivity index (χ3v) is 5.65. The summed E-state index contributed by atoms with van der Waals surface area (Å²) in [5.41, 5.74) is 0.601. The number of carbonyl (C=O) groups excluding carboxylic acids is 2. The zero-order chi connectivity index (χ0) is 23.0. The van der Waals surface area contributed by atoms with Gasteiger partial charge in [0.1, 0.15) is 17.1 Å². The normalized spacial score (nSPS) is 15.2. The van der Waals surface area contributed by atoms with Crippen LogP contribution in [-0.4, -0.2) is 21.9 Å². The molecule has 4 rings (SSSR count). The van der Waals surface area contributed by atoms with E-state index in [9.17, 15) is 19.7 Å². The molecule has 2 aromatic carbocycles. The van der Waals surface area contributed by atoms with Gasteiger partial charge in [-0.2, -0.15) is 0 Å². The molecule has 0 aliphatic carbocycles. The van der Waals surface area contributed by atoms with E-state index in [4.69, 9.17) is 28.2 Å². The number of nitro benzene ring substituents is 1. The Morgan fingerprint density at radius 2 is 1.84 bits per heavy atom. The Morgan fingerprint density at radius 1 is 1.12 bits per heavy atom. The zero-order valence-electron chi connectivity index (χ0n) is 15.9. The Morgan fingerprint density at radius 3 is 2.50 bits per heavy atom. The van der Waals surface area contributed by atoms with E-state index in [2.05, 4.69) is 21.2 Å². The van der Waals surface area contributed by atoms with Crippen LogP contribution in [0.15, 0.2) is 69.1 Å². The second-order valence-electron chi connectivity index (χ2n) is 6.56. The summed E-state index contributed by atoms with van der Waals surface area (Å²) in [5, 5.41) is 13.5. The number of thiocarbonyl (C=S) groups is 1. The van der Waals surface area contributed by atoms with Gasteiger partial charge in [0.2, 0.25) is 0 Å². The first kappa shape index (κ1) is 21.9. The summed E-state index contributed by atoms with van der Waals surface area (Å²) in [6.07, 6.45) is 1.30. The monoisotopic (exact) mass is 531 g/mol. The molecule has 0 radical (unpaired) electrons. The van der Waals surface area contributed by atoms with E-state index in [1.165, 1.54) is 29.2 Å². The lowest BCUT2D eigenvalue weighted by atomic mass is 10.1. The number of rotatable bonds is 4. The van der Waals surface area contributed by atoms with Crippen molar-refractivity contribution in [1.82, 2.24) is 5.32 Å². The van der Waals surface area contributed by atoms with Crippen LogP contribution in [-0.2, 0) is 9.59 Å². The molecule has 0 bridgehead atoms. The minimum atomic E-state index is -0.653. The number of nitrogens with zero attached hydrogens (tertiary/aromatic N) is 2. The van der Waals surface area contributed by atoms with E-state index in [1.807, 2.05) is 0 Å². The van der Waals surface area contributed by atoms with Gasteiger partial charge in [0.25, 0.3) is 17.5 Å². The second kappa shape index (κ2) is 8.65. The lowest BCUT2D eigenvalue weighted by Crippen LogP contribution is -2.54. The van der Waals surface area contributed by atoms with Crippen molar-refractivity contribution in [2.45, 2.75) is 0 Å². The van der Waals surface area contributed by atoms with E-state index >= 15 is 0 Å². The minimum Gasteiger partial charge on any atom is -0.457 e. The number of halogens is 2. The summed E-state index contributed by atoms with van der Waals surface area (Å²) in [5.74, 6) is -0.718. The van der Waals surface area contributed by atoms with Gasteiger partial charge in [-0.05, 0) is 60.8 Å². The van der Waals surface area contributed by atoms with Crippen LogP contribution in [0.4, 0.5) is 11.4 Å². The van der Waals surface area contributed by atoms with Crippen molar-refractivity contribution in [2.75, 3.05) is 4.90 Å². The zero-order valence-corrected chi connectivity index (χ0v) is 19.0. The highest BCUT2D eigenvalue weighted by atomic mass is 79.9. The number of nitrogens with one attached hydrogen (secondary N) is 1. The number of hydrogen-bond acceptors (Lipinski definition) is 6. The average molecular weight is 533 g/mol. The number of nitro groups is 1. The Hall–Kier alpha value is -3.34. The molecule has 1 N–H and O–H groups in total. The SMILES string of the molecule is O=C1NC(=S)N(c2ccc(Br)cc2)C(=O)/C1=C/c1ccc(-c2ccc([N+](=O)[O-])cc2Cl)o1. The van der Waals surface area contributed by atoms with Crippen molar-refractivity contribution in [1.29, 1.82) is 0 Å². The van der Waals surface area contributed by atoms with Crippen molar-refractivity contribution in [2.24, 2.45) is 0 Å². The molecule has 11 heteroatoms. The van der Waals surface area contributed by atoms with Gasteiger partial charge in [-0.3, -0.25) is 29.9 Å². The summed E-state index contributed by atoms with van der Waals surface area (Å²) >= 11 is 14.7. The van der Waals surface area contributed by atoms with Crippen LogP contribution in [0.1, 0.15) is 5.76 Å². The highest BCUT2D eigenvalue weighted by Crippen LogP contribution is 2.33. The number of benzene rings is 2. The van der Waals surface area contributed by atoms with Gasteiger partial charge >= 0.3 is 0 Å². The molecule has 1 saturated heterocycles. The molecule has 0 unspecified atom stereocenters. The summed E-state index contributed by atoms with van der Waals surface area (Å²) in [7, 11) is 0. The Kier molecular flexibility index (Phi) is 5.92. The molecular formula is C21H11BrClN3O5S. The number of carbonyl (C=O) groups is 2. The van der Waals surface area contributed by atoms with Gasteiger partial charge in [0.15, 0.2) is 5.11 Å². The number of amides is 2. The van der Waals surface area contributed by atoms with Gasteiger partial charge in [0, 0.05) is 22.2 Å². The maximum atomic E-state index is 13.0. The van der Waals surface area contributed by atoms with Crippen LogP contribution >= 0.6 is 39.7 Å². The Labute approximate surface area is 199 Å². The Balaban J connectivity index is 1.66. The third-order valence-electron chi connectivity index (χ3n) is 4.53. The van der Waals surface area contributed by atoms with Crippen molar-refractivity contribution in [3.63, 3.8) is 0 Å². The van der Waals surface area contributed by atoms with Gasteiger partial charge in [0.05, 0.1) is 15.6 Å². The van der Waals surface area contributed by atoms with E-state index in [0.29, 0.717) is 17.0 Å².